The lowest BCUT2D eigenvalue weighted by molar-refractivity contribution is 0.692. The normalized spacial score (nSPS) is 21.4. The van der Waals surface area contributed by atoms with Gasteiger partial charge in [-0.3, -0.25) is 5.43 Å². The van der Waals surface area contributed by atoms with Crippen LogP contribution in [0.5, 0.6) is 0 Å². The highest BCUT2D eigenvalue weighted by Crippen LogP contribution is 2.38. The molecule has 0 saturated heterocycles. The molecule has 0 bridgehead atoms. The maximum absolute atomic E-state index is 5.43. The topological polar surface area (TPSA) is 75.9 Å². The molecule has 2 aromatic rings. The van der Waals surface area contributed by atoms with E-state index in [2.05, 4.69) is 27.6 Å². The van der Waals surface area contributed by atoms with Crippen molar-refractivity contribution in [2.24, 2.45) is 11.8 Å². The van der Waals surface area contributed by atoms with E-state index in [1.54, 1.807) is 0 Å². The van der Waals surface area contributed by atoms with Crippen LogP contribution in [0.25, 0.3) is 10.9 Å². The maximum atomic E-state index is 5.43. The standard InChI is InChI=1S/C14H19N5/c1-2-5-9-8-12(9)16-13-10-6-3-4-7-11(10)17-14(18-13)19-15/h3-4,6-7,9,12H,2,5,8,15H2,1H3,(H2,16,17,18,19). The van der Waals surface area contributed by atoms with E-state index in [-0.39, 0.29) is 0 Å². The second kappa shape index (κ2) is 5.01. The highest BCUT2D eigenvalue weighted by atomic mass is 15.3. The van der Waals surface area contributed by atoms with Gasteiger partial charge in [0, 0.05) is 11.4 Å². The van der Waals surface area contributed by atoms with E-state index >= 15 is 0 Å². The van der Waals surface area contributed by atoms with Crippen LogP contribution in [0, 0.1) is 5.92 Å². The Bertz CT molecular complexity index is 583. The van der Waals surface area contributed by atoms with E-state index in [0.29, 0.717) is 12.0 Å². The molecule has 5 heteroatoms. The van der Waals surface area contributed by atoms with Crippen LogP contribution < -0.4 is 16.6 Å². The third-order valence-corrected chi connectivity index (χ3v) is 3.64. The van der Waals surface area contributed by atoms with Crippen LogP contribution in [-0.2, 0) is 0 Å². The molecule has 100 valence electrons. The molecule has 5 nitrogen and oxygen atoms in total. The lowest BCUT2D eigenvalue weighted by atomic mass is 10.2. The molecule has 4 N–H and O–H groups in total. The van der Waals surface area contributed by atoms with Gasteiger partial charge in [-0.1, -0.05) is 25.5 Å². The number of hydrazine groups is 1. The number of aromatic nitrogens is 2. The maximum Gasteiger partial charge on any atom is 0.239 e. The third-order valence-electron chi connectivity index (χ3n) is 3.64. The largest absolute Gasteiger partial charge is 0.366 e. The molecule has 2 atom stereocenters. The number of nitrogens with one attached hydrogen (secondary N) is 2. The van der Waals surface area contributed by atoms with Crippen molar-refractivity contribution in [1.82, 2.24) is 9.97 Å². The molecule has 0 aliphatic heterocycles. The number of nitrogen functional groups attached to an aromatic ring is 1. The van der Waals surface area contributed by atoms with Crippen molar-refractivity contribution in [2.75, 3.05) is 10.7 Å². The molecule has 1 saturated carbocycles. The van der Waals surface area contributed by atoms with E-state index < -0.39 is 0 Å². The Kier molecular flexibility index (Phi) is 3.21. The second-order valence-electron chi connectivity index (χ2n) is 5.09. The lowest BCUT2D eigenvalue weighted by Crippen LogP contribution is -2.13. The van der Waals surface area contributed by atoms with Crippen LogP contribution in [0.3, 0.4) is 0 Å². The molecule has 1 fully saturated rings. The van der Waals surface area contributed by atoms with Crippen molar-refractivity contribution in [1.29, 1.82) is 0 Å². The SMILES string of the molecule is CCCC1CC1Nc1nc(NN)nc2ccccc12. The summed E-state index contributed by atoms with van der Waals surface area (Å²) in [6.07, 6.45) is 3.75. The molecule has 1 aliphatic rings. The Labute approximate surface area is 112 Å². The molecule has 1 aliphatic carbocycles. The van der Waals surface area contributed by atoms with E-state index in [9.17, 15) is 0 Å². The summed E-state index contributed by atoms with van der Waals surface area (Å²) in [7, 11) is 0. The predicted molar refractivity (Wildman–Crippen MR) is 77.8 cm³/mol. The molecule has 0 radical (unpaired) electrons. The zero-order valence-corrected chi connectivity index (χ0v) is 11.1. The first-order valence-corrected chi connectivity index (χ1v) is 6.81. The monoisotopic (exact) mass is 257 g/mol. The zero-order valence-electron chi connectivity index (χ0n) is 11.1. The molecule has 1 aromatic carbocycles. The van der Waals surface area contributed by atoms with Crippen LogP contribution in [0.2, 0.25) is 0 Å². The Hall–Kier alpha value is -1.88. The van der Waals surface area contributed by atoms with E-state index in [1.165, 1.54) is 19.3 Å². The molecular formula is C14H19N5. The molecule has 19 heavy (non-hydrogen) atoms. The van der Waals surface area contributed by atoms with Gasteiger partial charge in [-0.25, -0.2) is 10.8 Å². The zero-order chi connectivity index (χ0) is 13.2. The summed E-state index contributed by atoms with van der Waals surface area (Å²) < 4.78 is 0. The number of benzene rings is 1. The van der Waals surface area contributed by atoms with Crippen molar-refractivity contribution in [3.05, 3.63) is 24.3 Å². The molecule has 1 heterocycles. The van der Waals surface area contributed by atoms with Crippen molar-refractivity contribution >= 4 is 22.7 Å². The Morgan fingerprint density at radius 1 is 1.32 bits per heavy atom. The van der Waals surface area contributed by atoms with Crippen LogP contribution >= 0.6 is 0 Å². The third kappa shape index (κ3) is 2.46. The molecular weight excluding hydrogens is 238 g/mol. The summed E-state index contributed by atoms with van der Waals surface area (Å²) >= 11 is 0. The predicted octanol–water partition coefficient (Wildman–Crippen LogP) is 2.52. The average molecular weight is 257 g/mol. The lowest BCUT2D eigenvalue weighted by Gasteiger charge is -2.10. The number of fused-ring (bicyclic) bond motifs is 1. The summed E-state index contributed by atoms with van der Waals surface area (Å²) in [5.41, 5.74) is 3.43. The minimum absolute atomic E-state index is 0.453. The molecule has 3 rings (SSSR count). The van der Waals surface area contributed by atoms with E-state index in [4.69, 9.17) is 5.84 Å². The van der Waals surface area contributed by atoms with Gasteiger partial charge in [0.1, 0.15) is 5.82 Å². The number of nitrogens with two attached hydrogens (primary N) is 1. The van der Waals surface area contributed by atoms with Crippen LogP contribution in [0.4, 0.5) is 11.8 Å². The van der Waals surface area contributed by atoms with Gasteiger partial charge in [0.15, 0.2) is 0 Å². The second-order valence-corrected chi connectivity index (χ2v) is 5.09. The number of rotatable bonds is 5. The summed E-state index contributed by atoms with van der Waals surface area (Å²) in [6, 6.07) is 8.53. The van der Waals surface area contributed by atoms with E-state index in [1.807, 2.05) is 24.3 Å². The number of nitrogens with zero attached hydrogens (tertiary/aromatic N) is 2. The fourth-order valence-corrected chi connectivity index (χ4v) is 2.54. The van der Waals surface area contributed by atoms with E-state index in [0.717, 1.165) is 22.6 Å². The van der Waals surface area contributed by atoms with Gasteiger partial charge in [0.05, 0.1) is 5.52 Å². The minimum atomic E-state index is 0.453. The van der Waals surface area contributed by atoms with Crippen molar-refractivity contribution in [3.63, 3.8) is 0 Å². The fourth-order valence-electron chi connectivity index (χ4n) is 2.54. The highest BCUT2D eigenvalue weighted by molar-refractivity contribution is 5.90. The first kappa shape index (κ1) is 12.2. The summed E-state index contributed by atoms with van der Waals surface area (Å²) in [4.78, 5) is 8.79. The van der Waals surface area contributed by atoms with Crippen molar-refractivity contribution in [3.8, 4) is 0 Å². The summed E-state index contributed by atoms with van der Waals surface area (Å²) in [5.74, 6) is 7.54. The Balaban J connectivity index is 1.89. The van der Waals surface area contributed by atoms with Crippen LogP contribution in [0.1, 0.15) is 26.2 Å². The number of hydrogen-bond donors (Lipinski definition) is 3. The van der Waals surface area contributed by atoms with Gasteiger partial charge >= 0.3 is 0 Å². The summed E-state index contributed by atoms with van der Waals surface area (Å²) in [5, 5.41) is 4.57. The molecule has 2 unspecified atom stereocenters. The minimum Gasteiger partial charge on any atom is -0.366 e. The average Bonchev–Trinajstić information content (AvgIpc) is 3.17. The Morgan fingerprint density at radius 2 is 2.16 bits per heavy atom. The molecule has 0 amide bonds. The smallest absolute Gasteiger partial charge is 0.239 e. The van der Waals surface area contributed by atoms with Crippen LogP contribution in [-0.4, -0.2) is 16.0 Å². The summed E-state index contributed by atoms with van der Waals surface area (Å²) in [6.45, 7) is 2.23. The quantitative estimate of drug-likeness (QED) is 0.567. The van der Waals surface area contributed by atoms with Gasteiger partial charge in [0.25, 0.3) is 0 Å². The van der Waals surface area contributed by atoms with Gasteiger partial charge in [-0.2, -0.15) is 4.98 Å². The van der Waals surface area contributed by atoms with Crippen LogP contribution in [0.15, 0.2) is 24.3 Å². The van der Waals surface area contributed by atoms with Gasteiger partial charge in [0.2, 0.25) is 5.95 Å². The number of hydrogen-bond acceptors (Lipinski definition) is 5. The molecule has 1 aromatic heterocycles. The number of para-hydroxylation sites is 1. The molecule has 0 spiro atoms. The first-order chi connectivity index (χ1) is 9.31. The van der Waals surface area contributed by atoms with Crippen molar-refractivity contribution in [2.45, 2.75) is 32.2 Å². The van der Waals surface area contributed by atoms with Gasteiger partial charge in [-0.05, 0) is 30.9 Å². The van der Waals surface area contributed by atoms with Gasteiger partial charge < -0.3 is 5.32 Å². The number of anilines is 2. The Morgan fingerprint density at radius 3 is 2.95 bits per heavy atom. The van der Waals surface area contributed by atoms with Gasteiger partial charge in [-0.15, -0.1) is 0 Å². The fraction of sp³-hybridized carbons (Fsp3) is 0.429. The van der Waals surface area contributed by atoms with Crippen molar-refractivity contribution < 1.29 is 0 Å². The highest BCUT2D eigenvalue weighted by Gasteiger charge is 2.36. The first-order valence-electron chi connectivity index (χ1n) is 6.81.